The van der Waals surface area contributed by atoms with Crippen LogP contribution in [0.25, 0.3) is 0 Å². The first kappa shape index (κ1) is 15.4. The molecule has 1 aliphatic rings. The molecule has 0 aliphatic carbocycles. The zero-order valence-corrected chi connectivity index (χ0v) is 11.9. The third kappa shape index (κ3) is 4.92. The van der Waals surface area contributed by atoms with Gasteiger partial charge in [-0.2, -0.15) is 0 Å². The van der Waals surface area contributed by atoms with E-state index in [1.807, 2.05) is 0 Å². The molecule has 0 amide bonds. The van der Waals surface area contributed by atoms with Crippen LogP contribution in [0.4, 0.5) is 0 Å². The molecule has 106 valence electrons. The number of nitrogens with zero attached hydrogens (tertiary/aromatic N) is 1. The Morgan fingerprint density at radius 2 is 2.28 bits per heavy atom. The van der Waals surface area contributed by atoms with E-state index in [1.165, 1.54) is 0 Å². The lowest BCUT2D eigenvalue weighted by Gasteiger charge is -2.42. The third-order valence-electron chi connectivity index (χ3n) is 2.99. The second kappa shape index (κ2) is 6.50. The monoisotopic (exact) mass is 258 g/mol. The summed E-state index contributed by atoms with van der Waals surface area (Å²) in [5.74, 6) is -0.307. The van der Waals surface area contributed by atoms with Crippen LogP contribution >= 0.6 is 0 Å². The lowest BCUT2D eigenvalue weighted by Crippen LogP contribution is -2.52. The molecule has 0 aromatic rings. The highest BCUT2D eigenvalue weighted by Gasteiger charge is 2.31. The first-order valence-electron chi connectivity index (χ1n) is 6.66. The van der Waals surface area contributed by atoms with Gasteiger partial charge in [0.15, 0.2) is 0 Å². The Bertz CT molecular complexity index is 281. The molecule has 5 nitrogen and oxygen atoms in total. The van der Waals surface area contributed by atoms with Gasteiger partial charge in [-0.15, -0.1) is 0 Å². The fraction of sp³-hybridized carbons (Fsp3) is 0.923. The maximum Gasteiger partial charge on any atom is 0.322 e. The van der Waals surface area contributed by atoms with Gasteiger partial charge in [0.1, 0.15) is 6.04 Å². The van der Waals surface area contributed by atoms with Gasteiger partial charge in [-0.3, -0.25) is 9.69 Å². The summed E-state index contributed by atoms with van der Waals surface area (Å²) in [5.41, 5.74) is 5.66. The molecular weight excluding hydrogens is 232 g/mol. The molecule has 1 heterocycles. The van der Waals surface area contributed by atoms with Crippen LogP contribution in [0, 0.1) is 0 Å². The molecule has 2 unspecified atom stereocenters. The van der Waals surface area contributed by atoms with E-state index >= 15 is 0 Å². The van der Waals surface area contributed by atoms with Crippen LogP contribution in [-0.4, -0.2) is 54.9 Å². The van der Waals surface area contributed by atoms with Crippen LogP contribution in [0.1, 0.15) is 34.1 Å². The van der Waals surface area contributed by atoms with Gasteiger partial charge >= 0.3 is 5.97 Å². The van der Waals surface area contributed by atoms with E-state index in [2.05, 4.69) is 25.7 Å². The van der Waals surface area contributed by atoms with Gasteiger partial charge in [0.2, 0.25) is 0 Å². The zero-order valence-electron chi connectivity index (χ0n) is 11.9. The van der Waals surface area contributed by atoms with Crippen molar-refractivity contribution in [1.29, 1.82) is 0 Å². The minimum absolute atomic E-state index is 0.133. The molecule has 1 aliphatic heterocycles. The maximum absolute atomic E-state index is 11.4. The predicted molar refractivity (Wildman–Crippen MR) is 70.3 cm³/mol. The highest BCUT2D eigenvalue weighted by Crippen LogP contribution is 2.20. The first-order valence-corrected chi connectivity index (χ1v) is 6.66. The SMILES string of the molecule is CCOC(=O)C(N)CCN1CC(C)OC(C)(C)C1. The van der Waals surface area contributed by atoms with Crippen LogP contribution in [0.15, 0.2) is 0 Å². The largest absolute Gasteiger partial charge is 0.465 e. The third-order valence-corrected chi connectivity index (χ3v) is 2.99. The van der Waals surface area contributed by atoms with Gasteiger partial charge in [-0.25, -0.2) is 0 Å². The van der Waals surface area contributed by atoms with Crippen molar-refractivity contribution in [3.63, 3.8) is 0 Å². The van der Waals surface area contributed by atoms with Crippen molar-refractivity contribution in [3.05, 3.63) is 0 Å². The fourth-order valence-corrected chi connectivity index (χ4v) is 2.44. The lowest BCUT2D eigenvalue weighted by atomic mass is 10.0. The summed E-state index contributed by atoms with van der Waals surface area (Å²) in [6.07, 6.45) is 0.842. The zero-order chi connectivity index (χ0) is 13.8. The molecule has 0 aromatic heterocycles. The van der Waals surface area contributed by atoms with Gasteiger partial charge in [-0.1, -0.05) is 0 Å². The normalized spacial score (nSPS) is 25.7. The van der Waals surface area contributed by atoms with E-state index in [0.717, 1.165) is 19.6 Å². The number of rotatable bonds is 5. The second-order valence-corrected chi connectivity index (χ2v) is 5.57. The number of hydrogen-bond donors (Lipinski definition) is 1. The standard InChI is InChI=1S/C13H26N2O3/c1-5-17-12(16)11(14)6-7-15-8-10(2)18-13(3,4)9-15/h10-11H,5-9,14H2,1-4H3. The van der Waals surface area contributed by atoms with Crippen molar-refractivity contribution in [3.8, 4) is 0 Å². The number of morpholine rings is 1. The highest BCUT2D eigenvalue weighted by molar-refractivity contribution is 5.75. The summed E-state index contributed by atoms with van der Waals surface area (Å²) >= 11 is 0. The van der Waals surface area contributed by atoms with E-state index in [9.17, 15) is 4.79 Å². The van der Waals surface area contributed by atoms with Crippen LogP contribution < -0.4 is 5.73 Å². The van der Waals surface area contributed by atoms with Crippen molar-refractivity contribution < 1.29 is 14.3 Å². The van der Waals surface area contributed by atoms with E-state index in [1.54, 1.807) is 6.92 Å². The van der Waals surface area contributed by atoms with Crippen molar-refractivity contribution >= 4 is 5.97 Å². The van der Waals surface area contributed by atoms with E-state index in [4.69, 9.17) is 15.2 Å². The van der Waals surface area contributed by atoms with Gasteiger partial charge < -0.3 is 15.2 Å². The minimum atomic E-state index is -0.522. The van der Waals surface area contributed by atoms with E-state index < -0.39 is 6.04 Å². The first-order chi connectivity index (χ1) is 8.34. The van der Waals surface area contributed by atoms with Gasteiger partial charge in [0.05, 0.1) is 18.3 Å². The summed E-state index contributed by atoms with van der Waals surface area (Å²) in [5, 5.41) is 0. The van der Waals surface area contributed by atoms with Gasteiger partial charge in [-0.05, 0) is 34.1 Å². The van der Waals surface area contributed by atoms with Gasteiger partial charge in [0.25, 0.3) is 0 Å². The summed E-state index contributed by atoms with van der Waals surface area (Å²) in [6.45, 7) is 11.0. The Balaban J connectivity index is 2.36. The molecule has 18 heavy (non-hydrogen) atoms. The molecule has 2 atom stereocenters. The molecule has 1 saturated heterocycles. The number of esters is 1. The topological polar surface area (TPSA) is 64.8 Å². The molecule has 0 radical (unpaired) electrons. The van der Waals surface area contributed by atoms with Gasteiger partial charge in [0, 0.05) is 19.6 Å². The Morgan fingerprint density at radius 3 is 2.83 bits per heavy atom. The lowest BCUT2D eigenvalue weighted by molar-refractivity contribution is -0.145. The van der Waals surface area contributed by atoms with Crippen molar-refractivity contribution in [2.45, 2.75) is 51.9 Å². The highest BCUT2D eigenvalue weighted by atomic mass is 16.5. The second-order valence-electron chi connectivity index (χ2n) is 5.57. The van der Waals surface area contributed by atoms with Crippen LogP contribution in [0.2, 0.25) is 0 Å². The average molecular weight is 258 g/mol. The van der Waals surface area contributed by atoms with Crippen molar-refractivity contribution in [2.24, 2.45) is 5.73 Å². The Morgan fingerprint density at radius 1 is 1.61 bits per heavy atom. The molecule has 0 saturated carbocycles. The Kier molecular flexibility index (Phi) is 5.56. The summed E-state index contributed by atoms with van der Waals surface area (Å²) in [6, 6.07) is -0.522. The molecule has 5 heteroatoms. The van der Waals surface area contributed by atoms with Crippen LogP contribution in [0.3, 0.4) is 0 Å². The van der Waals surface area contributed by atoms with E-state index in [0.29, 0.717) is 13.0 Å². The average Bonchev–Trinajstić information content (AvgIpc) is 2.23. The fourth-order valence-electron chi connectivity index (χ4n) is 2.44. The van der Waals surface area contributed by atoms with Crippen LogP contribution in [-0.2, 0) is 14.3 Å². The number of carbonyl (C=O) groups is 1. The molecule has 0 bridgehead atoms. The number of nitrogens with two attached hydrogens (primary N) is 1. The molecule has 0 spiro atoms. The molecule has 1 fully saturated rings. The van der Waals surface area contributed by atoms with Crippen LogP contribution in [0.5, 0.6) is 0 Å². The Hall–Kier alpha value is -0.650. The number of ether oxygens (including phenoxy) is 2. The quantitative estimate of drug-likeness (QED) is 0.738. The summed E-state index contributed by atoms with van der Waals surface area (Å²) in [4.78, 5) is 13.7. The summed E-state index contributed by atoms with van der Waals surface area (Å²) < 4.78 is 10.7. The van der Waals surface area contributed by atoms with Crippen molar-refractivity contribution in [1.82, 2.24) is 4.90 Å². The number of hydrogen-bond acceptors (Lipinski definition) is 5. The molecule has 2 N–H and O–H groups in total. The van der Waals surface area contributed by atoms with Crippen molar-refractivity contribution in [2.75, 3.05) is 26.2 Å². The summed E-state index contributed by atoms with van der Waals surface area (Å²) in [7, 11) is 0. The minimum Gasteiger partial charge on any atom is -0.465 e. The molecule has 0 aromatic carbocycles. The molecule has 1 rings (SSSR count). The smallest absolute Gasteiger partial charge is 0.322 e. The van der Waals surface area contributed by atoms with E-state index in [-0.39, 0.29) is 17.7 Å². The predicted octanol–water partition coefficient (Wildman–Crippen LogP) is 0.766. The Labute approximate surface area is 110 Å². The maximum atomic E-state index is 11.4. The number of carbonyl (C=O) groups excluding carboxylic acids is 1. The molecular formula is C13H26N2O3.